The van der Waals surface area contributed by atoms with Crippen LogP contribution in [0.1, 0.15) is 38.9 Å². The maximum Gasteiger partial charge on any atom is 0.193 e. The zero-order valence-corrected chi connectivity index (χ0v) is 18.4. The molecule has 2 aromatic heterocycles. The minimum absolute atomic E-state index is 0. The van der Waals surface area contributed by atoms with Gasteiger partial charge in [-0.3, -0.25) is 9.39 Å². The molecule has 144 valence electrons. The summed E-state index contributed by atoms with van der Waals surface area (Å²) in [7, 11) is 1.87. The lowest BCUT2D eigenvalue weighted by Gasteiger charge is -2.24. The monoisotopic (exact) mass is 470 g/mol. The Morgan fingerprint density at radius 1 is 1.31 bits per heavy atom. The lowest BCUT2D eigenvalue weighted by Crippen LogP contribution is -2.41. The standard InChI is InChI=1S/C19H30N6.HI/c1-4-15(5-2)16-10-13-24(14-16)19(20-3)21-11-9-18-23-22-17-8-6-7-12-25(17)18;/h6-8,12,15-16H,4-5,9-11,13-14H2,1-3H3,(H,20,21);1H. The number of fused-ring (bicyclic) bond motifs is 1. The van der Waals surface area contributed by atoms with E-state index in [1.54, 1.807) is 0 Å². The van der Waals surface area contributed by atoms with E-state index in [1.807, 2.05) is 35.8 Å². The quantitative estimate of drug-likeness (QED) is 0.400. The normalized spacial score (nSPS) is 17.8. The van der Waals surface area contributed by atoms with Gasteiger partial charge in [0, 0.05) is 39.3 Å². The number of likely N-dealkylation sites (tertiary alicyclic amines) is 1. The summed E-state index contributed by atoms with van der Waals surface area (Å²) >= 11 is 0. The highest BCUT2D eigenvalue weighted by Gasteiger charge is 2.29. The lowest BCUT2D eigenvalue weighted by atomic mass is 9.87. The van der Waals surface area contributed by atoms with Crippen LogP contribution in [0, 0.1) is 11.8 Å². The third-order valence-corrected chi connectivity index (χ3v) is 5.47. The summed E-state index contributed by atoms with van der Waals surface area (Å²) in [6.45, 7) is 7.67. The maximum atomic E-state index is 4.49. The van der Waals surface area contributed by atoms with Crippen LogP contribution in [0.2, 0.25) is 0 Å². The molecule has 1 atom stereocenters. The highest BCUT2D eigenvalue weighted by molar-refractivity contribution is 14.0. The van der Waals surface area contributed by atoms with E-state index in [0.29, 0.717) is 0 Å². The number of halogens is 1. The molecular formula is C19H31IN6. The van der Waals surface area contributed by atoms with Gasteiger partial charge in [-0.25, -0.2) is 0 Å². The van der Waals surface area contributed by atoms with Gasteiger partial charge in [0.1, 0.15) is 5.82 Å². The van der Waals surface area contributed by atoms with E-state index in [1.165, 1.54) is 19.3 Å². The maximum absolute atomic E-state index is 4.49. The van der Waals surface area contributed by atoms with Crippen LogP contribution in [0.3, 0.4) is 0 Å². The van der Waals surface area contributed by atoms with E-state index in [4.69, 9.17) is 0 Å². The predicted molar refractivity (Wildman–Crippen MR) is 117 cm³/mol. The second-order valence-corrected chi connectivity index (χ2v) is 6.84. The largest absolute Gasteiger partial charge is 0.356 e. The van der Waals surface area contributed by atoms with Crippen molar-refractivity contribution in [3.8, 4) is 0 Å². The number of nitrogens with one attached hydrogen (secondary N) is 1. The Balaban J connectivity index is 0.00000243. The van der Waals surface area contributed by atoms with Crippen molar-refractivity contribution in [1.82, 2.24) is 24.8 Å². The Labute approximate surface area is 173 Å². The molecule has 0 saturated carbocycles. The van der Waals surface area contributed by atoms with Crippen LogP contribution in [0.4, 0.5) is 0 Å². The zero-order chi connectivity index (χ0) is 17.6. The topological polar surface area (TPSA) is 57.8 Å². The molecule has 26 heavy (non-hydrogen) atoms. The SMILES string of the molecule is CCC(CC)C1CCN(C(=NC)NCCc2nnc3ccccn23)C1.I. The van der Waals surface area contributed by atoms with Gasteiger partial charge in [-0.05, 0) is 30.4 Å². The molecule has 0 spiro atoms. The first-order valence-electron chi connectivity index (χ1n) is 9.51. The Bertz CT molecular complexity index is 709. The van der Waals surface area contributed by atoms with Crippen molar-refractivity contribution < 1.29 is 0 Å². The Morgan fingerprint density at radius 3 is 2.85 bits per heavy atom. The van der Waals surface area contributed by atoms with Gasteiger partial charge in [0.05, 0.1) is 0 Å². The van der Waals surface area contributed by atoms with Gasteiger partial charge in [-0.15, -0.1) is 34.2 Å². The van der Waals surface area contributed by atoms with Crippen molar-refractivity contribution in [3.05, 3.63) is 30.2 Å². The van der Waals surface area contributed by atoms with E-state index in [0.717, 1.165) is 55.3 Å². The molecule has 0 bridgehead atoms. The van der Waals surface area contributed by atoms with Crippen molar-refractivity contribution in [1.29, 1.82) is 0 Å². The number of nitrogens with zero attached hydrogens (tertiary/aromatic N) is 5. The fraction of sp³-hybridized carbons (Fsp3) is 0.632. The average Bonchev–Trinajstić information content (AvgIpc) is 3.28. The van der Waals surface area contributed by atoms with Crippen molar-refractivity contribution in [2.45, 2.75) is 39.5 Å². The molecule has 0 aliphatic carbocycles. The molecule has 0 amide bonds. The van der Waals surface area contributed by atoms with E-state index in [2.05, 4.69) is 39.3 Å². The van der Waals surface area contributed by atoms with Crippen LogP contribution in [0.25, 0.3) is 5.65 Å². The van der Waals surface area contributed by atoms with E-state index in [-0.39, 0.29) is 24.0 Å². The van der Waals surface area contributed by atoms with Gasteiger partial charge >= 0.3 is 0 Å². The van der Waals surface area contributed by atoms with Gasteiger partial charge in [-0.2, -0.15) is 0 Å². The molecule has 1 saturated heterocycles. The first-order chi connectivity index (χ1) is 12.3. The second kappa shape index (κ2) is 10.1. The molecule has 1 aliphatic heterocycles. The molecule has 1 aliphatic rings. The van der Waals surface area contributed by atoms with Gasteiger partial charge in [0.2, 0.25) is 0 Å². The zero-order valence-electron chi connectivity index (χ0n) is 16.1. The van der Waals surface area contributed by atoms with Crippen LogP contribution in [-0.4, -0.2) is 52.1 Å². The Kier molecular flexibility index (Phi) is 8.12. The molecule has 0 aromatic carbocycles. The van der Waals surface area contributed by atoms with Crippen LogP contribution >= 0.6 is 24.0 Å². The fourth-order valence-corrected chi connectivity index (χ4v) is 4.00. The van der Waals surface area contributed by atoms with Crippen molar-refractivity contribution in [3.63, 3.8) is 0 Å². The summed E-state index contributed by atoms with van der Waals surface area (Å²) in [6.07, 6.45) is 6.68. The average molecular weight is 470 g/mol. The summed E-state index contributed by atoms with van der Waals surface area (Å²) in [5.41, 5.74) is 0.898. The summed E-state index contributed by atoms with van der Waals surface area (Å²) in [5, 5.41) is 12.0. The summed E-state index contributed by atoms with van der Waals surface area (Å²) in [4.78, 5) is 6.89. The van der Waals surface area contributed by atoms with Crippen LogP contribution in [0.5, 0.6) is 0 Å². The number of aromatic nitrogens is 3. The highest BCUT2D eigenvalue weighted by Crippen LogP contribution is 2.28. The minimum atomic E-state index is 0. The molecule has 3 heterocycles. The third kappa shape index (κ3) is 4.66. The van der Waals surface area contributed by atoms with Crippen molar-refractivity contribution in [2.75, 3.05) is 26.7 Å². The van der Waals surface area contributed by atoms with Crippen LogP contribution in [0.15, 0.2) is 29.4 Å². The third-order valence-electron chi connectivity index (χ3n) is 5.47. The van der Waals surface area contributed by atoms with Crippen LogP contribution < -0.4 is 5.32 Å². The summed E-state index contributed by atoms with van der Waals surface area (Å²) in [5.74, 6) is 3.64. The van der Waals surface area contributed by atoms with E-state index < -0.39 is 0 Å². The minimum Gasteiger partial charge on any atom is -0.356 e. The first-order valence-corrected chi connectivity index (χ1v) is 9.51. The number of pyridine rings is 1. The number of hydrogen-bond donors (Lipinski definition) is 1. The molecule has 1 unspecified atom stereocenters. The number of rotatable bonds is 6. The fourth-order valence-electron chi connectivity index (χ4n) is 4.00. The Hall–Kier alpha value is -1.38. The number of aliphatic imine (C=N–C) groups is 1. The van der Waals surface area contributed by atoms with Gasteiger partial charge in [0.25, 0.3) is 0 Å². The van der Waals surface area contributed by atoms with Crippen LogP contribution in [-0.2, 0) is 6.42 Å². The smallest absolute Gasteiger partial charge is 0.193 e. The lowest BCUT2D eigenvalue weighted by molar-refractivity contribution is 0.319. The molecule has 0 radical (unpaired) electrons. The van der Waals surface area contributed by atoms with E-state index >= 15 is 0 Å². The first kappa shape index (κ1) is 20.9. The van der Waals surface area contributed by atoms with Gasteiger partial charge < -0.3 is 10.2 Å². The van der Waals surface area contributed by atoms with Gasteiger partial charge in [0.15, 0.2) is 11.6 Å². The summed E-state index contributed by atoms with van der Waals surface area (Å²) in [6, 6.07) is 5.97. The molecule has 1 N–H and O–H groups in total. The molecule has 1 fully saturated rings. The molecule has 6 nitrogen and oxygen atoms in total. The highest BCUT2D eigenvalue weighted by atomic mass is 127. The van der Waals surface area contributed by atoms with Gasteiger partial charge in [-0.1, -0.05) is 32.8 Å². The second-order valence-electron chi connectivity index (χ2n) is 6.84. The molecule has 7 heteroatoms. The molecule has 2 aromatic rings. The van der Waals surface area contributed by atoms with Crippen molar-refractivity contribution in [2.24, 2.45) is 16.8 Å². The van der Waals surface area contributed by atoms with E-state index in [9.17, 15) is 0 Å². The number of hydrogen-bond acceptors (Lipinski definition) is 3. The van der Waals surface area contributed by atoms with Crippen molar-refractivity contribution >= 4 is 35.6 Å². The number of guanidine groups is 1. The summed E-state index contributed by atoms with van der Waals surface area (Å²) < 4.78 is 2.05. The Morgan fingerprint density at radius 2 is 2.12 bits per heavy atom. The molecular weight excluding hydrogens is 439 g/mol. The predicted octanol–water partition coefficient (Wildman–Crippen LogP) is 3.22. The molecule has 3 rings (SSSR count).